The Morgan fingerprint density at radius 2 is 1.71 bits per heavy atom. The Kier molecular flexibility index (Phi) is 6.36. The fourth-order valence-electron chi connectivity index (χ4n) is 3.36. The number of anilines is 3. The molecule has 174 valence electrons. The van der Waals surface area contributed by atoms with E-state index < -0.39 is 15.9 Å². The van der Waals surface area contributed by atoms with Gasteiger partial charge in [0.1, 0.15) is 0 Å². The van der Waals surface area contributed by atoms with Gasteiger partial charge in [0.25, 0.3) is 15.9 Å². The summed E-state index contributed by atoms with van der Waals surface area (Å²) in [5.41, 5.74) is 3.52. The predicted octanol–water partition coefficient (Wildman–Crippen LogP) is 4.92. The van der Waals surface area contributed by atoms with Crippen molar-refractivity contribution in [3.63, 3.8) is 0 Å². The summed E-state index contributed by atoms with van der Waals surface area (Å²) in [4.78, 5) is 28.7. The maximum Gasteiger partial charge on any atom is 0.261 e. The first-order valence-electron chi connectivity index (χ1n) is 10.3. The largest absolute Gasteiger partial charge is 0.326 e. The van der Waals surface area contributed by atoms with Crippen LogP contribution in [0, 0.1) is 13.8 Å². The van der Waals surface area contributed by atoms with Gasteiger partial charge in [0.15, 0.2) is 5.13 Å². The molecule has 4 rings (SSSR count). The number of benzene rings is 3. The van der Waals surface area contributed by atoms with Gasteiger partial charge in [0.2, 0.25) is 5.91 Å². The standard InChI is InChI=1S/C24H22N4O4S2/c1-14-5-4-6-18(11-14)28-34(31,32)19-9-7-15(2)20(13-19)23(30)27-24-26-21-10-8-17(25-16(3)29)12-22(21)33-24/h4-13,28H,1-3H3,(H,25,29)(H,26,27,30). The Hall–Kier alpha value is -3.76. The highest BCUT2D eigenvalue weighted by Gasteiger charge is 2.19. The van der Waals surface area contributed by atoms with E-state index in [0.717, 1.165) is 10.3 Å². The van der Waals surface area contributed by atoms with Crippen molar-refractivity contribution in [2.75, 3.05) is 15.4 Å². The molecule has 0 saturated carbocycles. The molecule has 0 aliphatic rings. The molecular weight excluding hydrogens is 472 g/mol. The Bertz CT molecular complexity index is 1530. The summed E-state index contributed by atoms with van der Waals surface area (Å²) in [5, 5.41) is 5.83. The van der Waals surface area contributed by atoms with Crippen LogP contribution in [0.25, 0.3) is 10.2 Å². The number of nitrogens with zero attached hydrogens (tertiary/aromatic N) is 1. The van der Waals surface area contributed by atoms with Crippen LogP contribution >= 0.6 is 11.3 Å². The van der Waals surface area contributed by atoms with Crippen LogP contribution in [-0.2, 0) is 14.8 Å². The lowest BCUT2D eigenvalue weighted by molar-refractivity contribution is -0.114. The van der Waals surface area contributed by atoms with Gasteiger partial charge < -0.3 is 5.32 Å². The monoisotopic (exact) mass is 494 g/mol. The third-order valence-corrected chi connectivity index (χ3v) is 7.28. The Balaban J connectivity index is 1.58. The molecule has 1 heterocycles. The number of hydrogen-bond donors (Lipinski definition) is 3. The average molecular weight is 495 g/mol. The summed E-state index contributed by atoms with van der Waals surface area (Å²) in [6, 6.07) is 16.7. The molecule has 0 fully saturated rings. The topological polar surface area (TPSA) is 117 Å². The molecule has 1 aromatic heterocycles. The molecule has 4 aromatic rings. The zero-order valence-electron chi connectivity index (χ0n) is 18.7. The van der Waals surface area contributed by atoms with Crippen molar-refractivity contribution in [1.29, 1.82) is 0 Å². The minimum atomic E-state index is -3.89. The Morgan fingerprint density at radius 1 is 0.912 bits per heavy atom. The predicted molar refractivity (Wildman–Crippen MR) is 135 cm³/mol. The van der Waals surface area contributed by atoms with E-state index in [9.17, 15) is 18.0 Å². The first kappa shape index (κ1) is 23.4. The fourth-order valence-corrected chi connectivity index (χ4v) is 5.33. The van der Waals surface area contributed by atoms with Crippen LogP contribution in [0.1, 0.15) is 28.4 Å². The van der Waals surface area contributed by atoms with Crippen molar-refractivity contribution in [3.05, 3.63) is 77.4 Å². The van der Waals surface area contributed by atoms with E-state index in [1.807, 2.05) is 13.0 Å². The molecule has 0 atom stereocenters. The number of amides is 2. The highest BCUT2D eigenvalue weighted by molar-refractivity contribution is 7.92. The smallest absolute Gasteiger partial charge is 0.261 e. The number of carbonyl (C=O) groups excluding carboxylic acids is 2. The number of sulfonamides is 1. The molecule has 0 radical (unpaired) electrons. The van der Waals surface area contributed by atoms with Crippen LogP contribution in [0.2, 0.25) is 0 Å². The van der Waals surface area contributed by atoms with Gasteiger partial charge in [0.05, 0.1) is 15.1 Å². The Morgan fingerprint density at radius 3 is 2.44 bits per heavy atom. The minimum Gasteiger partial charge on any atom is -0.326 e. The summed E-state index contributed by atoms with van der Waals surface area (Å²) in [6.45, 7) is 5.03. The van der Waals surface area contributed by atoms with E-state index in [4.69, 9.17) is 0 Å². The first-order valence-corrected chi connectivity index (χ1v) is 12.6. The summed E-state index contributed by atoms with van der Waals surface area (Å²) in [6.07, 6.45) is 0. The van der Waals surface area contributed by atoms with Crippen molar-refractivity contribution in [2.45, 2.75) is 25.7 Å². The maximum absolute atomic E-state index is 13.0. The van der Waals surface area contributed by atoms with Gasteiger partial charge >= 0.3 is 0 Å². The maximum atomic E-state index is 13.0. The molecular formula is C24H22N4O4S2. The first-order chi connectivity index (χ1) is 16.1. The molecule has 0 unspecified atom stereocenters. The second-order valence-electron chi connectivity index (χ2n) is 7.79. The Labute approximate surface area is 201 Å². The van der Waals surface area contributed by atoms with E-state index in [0.29, 0.717) is 27.6 Å². The van der Waals surface area contributed by atoms with E-state index in [1.165, 1.54) is 30.4 Å². The number of aromatic nitrogens is 1. The molecule has 0 bridgehead atoms. The highest BCUT2D eigenvalue weighted by atomic mass is 32.2. The quantitative estimate of drug-likeness (QED) is 0.352. The van der Waals surface area contributed by atoms with Gasteiger partial charge in [-0.25, -0.2) is 13.4 Å². The molecule has 34 heavy (non-hydrogen) atoms. The van der Waals surface area contributed by atoms with Crippen molar-refractivity contribution < 1.29 is 18.0 Å². The van der Waals surface area contributed by atoms with Gasteiger partial charge in [-0.15, -0.1) is 0 Å². The van der Waals surface area contributed by atoms with Crippen LogP contribution in [0.5, 0.6) is 0 Å². The normalized spacial score (nSPS) is 11.3. The summed E-state index contributed by atoms with van der Waals surface area (Å²) in [7, 11) is -3.89. The van der Waals surface area contributed by atoms with Crippen molar-refractivity contribution in [1.82, 2.24) is 4.98 Å². The number of aryl methyl sites for hydroxylation is 2. The molecule has 8 nitrogen and oxygen atoms in total. The highest BCUT2D eigenvalue weighted by Crippen LogP contribution is 2.29. The van der Waals surface area contributed by atoms with Crippen molar-refractivity contribution in [3.8, 4) is 0 Å². The van der Waals surface area contributed by atoms with Gasteiger partial charge in [-0.1, -0.05) is 29.5 Å². The molecule has 0 spiro atoms. The number of thiazole rings is 1. The van der Waals surface area contributed by atoms with E-state index >= 15 is 0 Å². The average Bonchev–Trinajstić information content (AvgIpc) is 3.14. The van der Waals surface area contributed by atoms with Crippen LogP contribution in [-0.4, -0.2) is 25.2 Å². The number of nitrogens with one attached hydrogen (secondary N) is 3. The molecule has 3 aromatic carbocycles. The van der Waals surface area contributed by atoms with Gasteiger partial charge in [0, 0.05) is 23.9 Å². The number of rotatable bonds is 6. The van der Waals surface area contributed by atoms with Crippen molar-refractivity contribution >= 4 is 59.9 Å². The van der Waals surface area contributed by atoms with E-state index in [-0.39, 0.29) is 16.4 Å². The van der Waals surface area contributed by atoms with Crippen LogP contribution in [0.15, 0.2) is 65.6 Å². The van der Waals surface area contributed by atoms with Crippen molar-refractivity contribution in [2.24, 2.45) is 0 Å². The van der Waals surface area contributed by atoms with Gasteiger partial charge in [-0.2, -0.15) is 0 Å². The molecule has 0 aliphatic heterocycles. The summed E-state index contributed by atoms with van der Waals surface area (Å²) < 4.78 is 29.1. The number of hydrogen-bond acceptors (Lipinski definition) is 6. The minimum absolute atomic E-state index is 0.0194. The lowest BCUT2D eigenvalue weighted by Crippen LogP contribution is -2.17. The zero-order chi connectivity index (χ0) is 24.5. The van der Waals surface area contributed by atoms with Crippen LogP contribution < -0.4 is 15.4 Å². The molecule has 2 amide bonds. The summed E-state index contributed by atoms with van der Waals surface area (Å²) >= 11 is 1.26. The zero-order valence-corrected chi connectivity index (χ0v) is 20.3. The van der Waals surface area contributed by atoms with Gasteiger partial charge in [-0.3, -0.25) is 19.6 Å². The molecule has 3 N–H and O–H groups in total. The number of fused-ring (bicyclic) bond motifs is 1. The van der Waals surface area contributed by atoms with Crippen LogP contribution in [0.4, 0.5) is 16.5 Å². The molecule has 0 saturated heterocycles. The SMILES string of the molecule is CC(=O)Nc1ccc2nc(NC(=O)c3cc(S(=O)(=O)Nc4cccc(C)c4)ccc3C)sc2c1. The summed E-state index contributed by atoms with van der Waals surface area (Å²) in [5.74, 6) is -0.647. The molecule has 0 aliphatic carbocycles. The second kappa shape index (κ2) is 9.24. The third-order valence-electron chi connectivity index (χ3n) is 4.96. The lowest BCUT2D eigenvalue weighted by Gasteiger charge is -2.11. The van der Waals surface area contributed by atoms with E-state index in [2.05, 4.69) is 20.3 Å². The second-order valence-corrected chi connectivity index (χ2v) is 10.5. The number of carbonyl (C=O) groups is 2. The third kappa shape index (κ3) is 5.24. The van der Waals surface area contributed by atoms with E-state index in [1.54, 1.807) is 49.4 Å². The van der Waals surface area contributed by atoms with Gasteiger partial charge in [-0.05, 0) is 67.4 Å². The molecule has 10 heteroatoms. The lowest BCUT2D eigenvalue weighted by atomic mass is 10.1. The van der Waals surface area contributed by atoms with Crippen LogP contribution in [0.3, 0.4) is 0 Å². The fraction of sp³-hybridized carbons (Fsp3) is 0.125.